The topological polar surface area (TPSA) is 23.8 Å². The van der Waals surface area contributed by atoms with Crippen LogP contribution in [0.3, 0.4) is 0 Å². The number of nitriles is 1. The van der Waals surface area contributed by atoms with Crippen molar-refractivity contribution in [2.45, 2.75) is 44.7 Å². The van der Waals surface area contributed by atoms with Crippen LogP contribution in [-0.4, -0.2) is 0 Å². The molecule has 0 bridgehead atoms. The minimum atomic E-state index is -1.22. The largest absolute Gasteiger partial charge is 0.242 e. The molecular weight excluding hydrogens is 412 g/mol. The molecule has 2 unspecified atom stereocenters. The van der Waals surface area contributed by atoms with Crippen molar-refractivity contribution in [3.8, 4) is 17.2 Å². The molecule has 0 spiro atoms. The number of halogens is 2. The average Bonchev–Trinajstić information content (AvgIpc) is 2.86. The summed E-state index contributed by atoms with van der Waals surface area (Å²) in [4.78, 5) is 0. The monoisotopic (exact) mass is 439 g/mol. The first-order chi connectivity index (χ1) is 16.1. The van der Waals surface area contributed by atoms with Crippen LogP contribution in [0.25, 0.3) is 21.9 Å². The molecule has 0 saturated heterocycles. The van der Waals surface area contributed by atoms with Gasteiger partial charge >= 0.3 is 0 Å². The van der Waals surface area contributed by atoms with Gasteiger partial charge in [0.15, 0.2) is 0 Å². The third-order valence-corrected chi connectivity index (χ3v) is 6.31. The first-order valence-electron chi connectivity index (χ1n) is 11.5. The summed E-state index contributed by atoms with van der Waals surface area (Å²) >= 11 is 0. The molecule has 0 N–H and O–H groups in total. The molecule has 0 saturated carbocycles. The molecule has 166 valence electrons. The van der Waals surface area contributed by atoms with E-state index in [-0.39, 0.29) is 5.82 Å². The fraction of sp³-hybridized carbons (Fsp3) is 0.233. The highest BCUT2D eigenvalue weighted by Gasteiger charge is 2.25. The molecule has 0 heterocycles. The second-order valence-electron chi connectivity index (χ2n) is 8.54. The number of alkyl halides is 1. The summed E-state index contributed by atoms with van der Waals surface area (Å²) in [5, 5.41) is 11.1. The van der Waals surface area contributed by atoms with Gasteiger partial charge in [-0.2, -0.15) is 5.26 Å². The molecule has 4 aromatic carbocycles. The lowest BCUT2D eigenvalue weighted by Gasteiger charge is -2.23. The van der Waals surface area contributed by atoms with Crippen LogP contribution in [0.2, 0.25) is 0 Å². The molecule has 0 fully saturated rings. The first kappa shape index (κ1) is 22.7. The zero-order valence-electron chi connectivity index (χ0n) is 18.8. The molecule has 4 rings (SSSR count). The molecule has 2 atom stereocenters. The van der Waals surface area contributed by atoms with Crippen molar-refractivity contribution in [3.63, 3.8) is 0 Å². The molecule has 0 aromatic heterocycles. The molecule has 0 aliphatic heterocycles. The molecule has 4 aromatic rings. The Hall–Kier alpha value is -3.51. The maximum Gasteiger partial charge on any atom is 0.132 e. The van der Waals surface area contributed by atoms with Crippen LogP contribution in [0.15, 0.2) is 84.9 Å². The van der Waals surface area contributed by atoms with Gasteiger partial charge < -0.3 is 0 Å². The van der Waals surface area contributed by atoms with Gasteiger partial charge in [-0.25, -0.2) is 8.78 Å². The average molecular weight is 440 g/mol. The van der Waals surface area contributed by atoms with Crippen molar-refractivity contribution in [2.75, 3.05) is 0 Å². The molecule has 3 heteroatoms. The highest BCUT2D eigenvalue weighted by Crippen LogP contribution is 2.40. The number of fused-ring (bicyclic) bond motifs is 1. The standard InChI is InChI=1S/C30H27F2N/c1-2-3-4-9-28(30(32)26-15-14-22-7-5-6-8-24(22)18-26)25-16-17-27(29(31)19-25)23-12-10-21(20-33)11-13-23/h5-8,10-19,28,30H,2-4,9H2,1H3. The molecule has 1 nitrogen and oxygen atoms in total. The second kappa shape index (κ2) is 10.4. The predicted molar refractivity (Wildman–Crippen MR) is 131 cm³/mol. The summed E-state index contributed by atoms with van der Waals surface area (Å²) in [6.07, 6.45) is 2.41. The first-order valence-corrected chi connectivity index (χ1v) is 11.5. The third kappa shape index (κ3) is 5.12. The van der Waals surface area contributed by atoms with E-state index in [0.29, 0.717) is 34.2 Å². The van der Waals surface area contributed by atoms with Gasteiger partial charge in [0.05, 0.1) is 11.6 Å². The van der Waals surface area contributed by atoms with Crippen molar-refractivity contribution in [2.24, 2.45) is 0 Å². The van der Waals surface area contributed by atoms with E-state index in [2.05, 4.69) is 13.0 Å². The van der Waals surface area contributed by atoms with Crippen LogP contribution < -0.4 is 0 Å². The minimum absolute atomic E-state index is 0.372. The Labute approximate surface area is 194 Å². The summed E-state index contributed by atoms with van der Waals surface area (Å²) in [7, 11) is 0. The van der Waals surface area contributed by atoms with Gasteiger partial charge in [-0.1, -0.05) is 86.8 Å². The smallest absolute Gasteiger partial charge is 0.132 e. The molecule has 0 aliphatic carbocycles. The van der Waals surface area contributed by atoms with Crippen LogP contribution in [0.4, 0.5) is 8.78 Å². The summed E-state index contributed by atoms with van der Waals surface area (Å²) in [6, 6.07) is 27.6. The van der Waals surface area contributed by atoms with Crippen LogP contribution in [0, 0.1) is 17.1 Å². The molecule has 0 aliphatic rings. The van der Waals surface area contributed by atoms with Gasteiger partial charge in [0.1, 0.15) is 12.0 Å². The lowest BCUT2D eigenvalue weighted by atomic mass is 9.84. The predicted octanol–water partition coefficient (Wildman–Crippen LogP) is 8.89. The molecule has 0 amide bonds. The summed E-state index contributed by atoms with van der Waals surface area (Å²) in [5.74, 6) is -0.786. The Balaban J connectivity index is 1.66. The van der Waals surface area contributed by atoms with Gasteiger partial charge in [0.2, 0.25) is 0 Å². The zero-order chi connectivity index (χ0) is 23.2. The number of unbranched alkanes of at least 4 members (excludes halogenated alkanes) is 2. The van der Waals surface area contributed by atoms with E-state index in [1.54, 1.807) is 30.3 Å². The summed E-state index contributed by atoms with van der Waals surface area (Å²) in [6.45, 7) is 2.12. The van der Waals surface area contributed by atoms with Gasteiger partial charge in [-0.05, 0) is 58.1 Å². The number of nitrogens with zero attached hydrogens (tertiary/aromatic N) is 1. The Morgan fingerprint density at radius 1 is 0.818 bits per heavy atom. The molecule has 0 radical (unpaired) electrons. The highest BCUT2D eigenvalue weighted by molar-refractivity contribution is 5.83. The summed E-state index contributed by atoms with van der Waals surface area (Å²) in [5.41, 5.74) is 3.00. The molecule has 33 heavy (non-hydrogen) atoms. The van der Waals surface area contributed by atoms with Crippen LogP contribution in [0.5, 0.6) is 0 Å². The van der Waals surface area contributed by atoms with E-state index >= 15 is 8.78 Å². The van der Waals surface area contributed by atoms with Crippen LogP contribution in [-0.2, 0) is 0 Å². The zero-order valence-corrected chi connectivity index (χ0v) is 18.8. The number of rotatable bonds is 8. The van der Waals surface area contributed by atoms with Gasteiger partial charge in [-0.15, -0.1) is 0 Å². The van der Waals surface area contributed by atoms with E-state index in [4.69, 9.17) is 5.26 Å². The van der Waals surface area contributed by atoms with Crippen molar-refractivity contribution < 1.29 is 8.78 Å². The van der Waals surface area contributed by atoms with E-state index in [1.165, 1.54) is 6.07 Å². The maximum atomic E-state index is 15.9. The Bertz CT molecular complexity index is 1270. The highest BCUT2D eigenvalue weighted by atomic mass is 19.1. The Morgan fingerprint density at radius 2 is 1.55 bits per heavy atom. The van der Waals surface area contributed by atoms with Crippen LogP contribution >= 0.6 is 0 Å². The maximum absolute atomic E-state index is 15.9. The number of benzene rings is 4. The third-order valence-electron chi connectivity index (χ3n) is 6.31. The quantitative estimate of drug-likeness (QED) is 0.251. The second-order valence-corrected chi connectivity index (χ2v) is 8.54. The fourth-order valence-electron chi connectivity index (χ4n) is 4.43. The number of hydrogen-bond donors (Lipinski definition) is 0. The van der Waals surface area contributed by atoms with Crippen LogP contribution in [0.1, 0.15) is 61.4 Å². The van der Waals surface area contributed by atoms with Gasteiger partial charge in [0.25, 0.3) is 0 Å². The van der Waals surface area contributed by atoms with Gasteiger partial charge in [0, 0.05) is 11.5 Å². The summed E-state index contributed by atoms with van der Waals surface area (Å²) < 4.78 is 31.1. The molecular formula is C30H27F2N. The SMILES string of the molecule is CCCCCC(c1ccc(-c2ccc(C#N)cc2)c(F)c1)C(F)c1ccc2ccccc2c1. The van der Waals surface area contributed by atoms with E-state index < -0.39 is 12.1 Å². The lowest BCUT2D eigenvalue weighted by Crippen LogP contribution is -2.09. The van der Waals surface area contributed by atoms with E-state index in [9.17, 15) is 0 Å². The van der Waals surface area contributed by atoms with Crippen molar-refractivity contribution >= 4 is 10.8 Å². The minimum Gasteiger partial charge on any atom is -0.242 e. The number of hydrogen-bond acceptors (Lipinski definition) is 1. The van der Waals surface area contributed by atoms with Crippen molar-refractivity contribution in [1.82, 2.24) is 0 Å². The fourth-order valence-corrected chi connectivity index (χ4v) is 4.43. The van der Waals surface area contributed by atoms with Crippen molar-refractivity contribution in [1.29, 1.82) is 5.26 Å². The van der Waals surface area contributed by atoms with Crippen molar-refractivity contribution in [3.05, 3.63) is 107 Å². The van der Waals surface area contributed by atoms with E-state index in [0.717, 1.165) is 30.0 Å². The van der Waals surface area contributed by atoms with Gasteiger partial charge in [-0.3, -0.25) is 0 Å². The Kier molecular flexibility index (Phi) is 7.15. The lowest BCUT2D eigenvalue weighted by molar-refractivity contribution is 0.273. The van der Waals surface area contributed by atoms with E-state index in [1.807, 2.05) is 48.5 Å². The normalized spacial score (nSPS) is 12.9. The Morgan fingerprint density at radius 3 is 2.24 bits per heavy atom.